The first-order valence-electron chi connectivity index (χ1n) is 10.0. The summed E-state index contributed by atoms with van der Waals surface area (Å²) in [5.41, 5.74) is -3.00. The molecule has 0 amide bonds. The lowest BCUT2D eigenvalue weighted by Crippen LogP contribution is -2.46. The van der Waals surface area contributed by atoms with Gasteiger partial charge in [-0.3, -0.25) is 4.40 Å². The number of hydrogen-bond donors (Lipinski definition) is 0. The van der Waals surface area contributed by atoms with Crippen LogP contribution >= 0.6 is 0 Å². The number of rotatable bonds is 3. The molecule has 2 aromatic heterocycles. The Labute approximate surface area is 180 Å². The van der Waals surface area contributed by atoms with Gasteiger partial charge in [-0.15, -0.1) is 10.2 Å². The SMILES string of the molecule is CN(C)C1CCCN(c2nnc(-c3ccc(C(F)(F)F)cc3C(F)(F)F)c3cccn23)C1. The Morgan fingerprint density at radius 3 is 2.41 bits per heavy atom. The normalized spacial score (nSPS) is 18.0. The zero-order valence-corrected chi connectivity index (χ0v) is 17.4. The molecular weight excluding hydrogens is 436 g/mol. The Kier molecular flexibility index (Phi) is 5.56. The molecule has 1 fully saturated rings. The first-order valence-corrected chi connectivity index (χ1v) is 10.0. The number of nitrogens with zero attached hydrogens (tertiary/aromatic N) is 5. The van der Waals surface area contributed by atoms with E-state index in [1.807, 2.05) is 19.0 Å². The summed E-state index contributed by atoms with van der Waals surface area (Å²) < 4.78 is 81.8. The quantitative estimate of drug-likeness (QED) is 0.521. The largest absolute Gasteiger partial charge is 0.417 e. The maximum absolute atomic E-state index is 13.7. The highest BCUT2D eigenvalue weighted by Crippen LogP contribution is 2.41. The lowest BCUT2D eigenvalue weighted by atomic mass is 10.00. The van der Waals surface area contributed by atoms with E-state index < -0.39 is 29.0 Å². The van der Waals surface area contributed by atoms with E-state index in [-0.39, 0.29) is 11.8 Å². The number of aromatic nitrogens is 3. The lowest BCUT2D eigenvalue weighted by molar-refractivity contribution is -0.142. The molecule has 172 valence electrons. The Morgan fingerprint density at radius 2 is 1.75 bits per heavy atom. The van der Waals surface area contributed by atoms with E-state index in [4.69, 9.17) is 0 Å². The molecule has 0 bridgehead atoms. The van der Waals surface area contributed by atoms with Gasteiger partial charge < -0.3 is 9.80 Å². The zero-order valence-electron chi connectivity index (χ0n) is 17.4. The number of halogens is 6. The number of alkyl halides is 6. The molecule has 1 atom stereocenters. The van der Waals surface area contributed by atoms with Gasteiger partial charge in [0.25, 0.3) is 0 Å². The molecule has 11 heteroatoms. The van der Waals surface area contributed by atoms with Crippen LogP contribution in [0.15, 0.2) is 36.5 Å². The standard InChI is InChI=1S/C21H21F6N5/c1-30(2)14-5-3-9-31(12-14)19-29-28-18(17-6-4-10-32(17)19)15-8-7-13(20(22,23)24)11-16(15)21(25,26)27/h4,6-8,10-11,14H,3,5,9,12H2,1-2H3. The second kappa shape index (κ2) is 7.95. The van der Waals surface area contributed by atoms with Crippen molar-refractivity contribution in [2.24, 2.45) is 0 Å². The van der Waals surface area contributed by atoms with Gasteiger partial charge in [0.15, 0.2) is 0 Å². The van der Waals surface area contributed by atoms with Crippen molar-refractivity contribution in [3.8, 4) is 11.3 Å². The summed E-state index contributed by atoms with van der Waals surface area (Å²) >= 11 is 0. The highest BCUT2D eigenvalue weighted by atomic mass is 19.4. The Morgan fingerprint density at radius 1 is 1.00 bits per heavy atom. The van der Waals surface area contributed by atoms with Crippen molar-refractivity contribution in [1.82, 2.24) is 19.5 Å². The van der Waals surface area contributed by atoms with Gasteiger partial charge in [0.2, 0.25) is 5.95 Å². The first-order chi connectivity index (χ1) is 15.0. The molecule has 5 nitrogen and oxygen atoms in total. The maximum atomic E-state index is 13.7. The van der Waals surface area contributed by atoms with Crippen LogP contribution in [-0.4, -0.2) is 52.7 Å². The summed E-state index contributed by atoms with van der Waals surface area (Å²) in [6.45, 7) is 1.40. The van der Waals surface area contributed by atoms with Gasteiger partial charge in [-0.25, -0.2) is 0 Å². The first kappa shape index (κ1) is 22.4. The second-order valence-corrected chi connectivity index (χ2v) is 8.07. The van der Waals surface area contributed by atoms with E-state index in [1.54, 1.807) is 22.7 Å². The molecule has 0 saturated carbocycles. The lowest BCUT2D eigenvalue weighted by Gasteiger charge is -2.36. The van der Waals surface area contributed by atoms with Crippen LogP contribution < -0.4 is 4.90 Å². The highest BCUT2D eigenvalue weighted by molar-refractivity contribution is 5.80. The van der Waals surface area contributed by atoms with E-state index in [9.17, 15) is 26.3 Å². The molecule has 1 aliphatic heterocycles. The van der Waals surface area contributed by atoms with Gasteiger partial charge in [0.05, 0.1) is 16.6 Å². The average molecular weight is 457 g/mol. The Balaban J connectivity index is 1.82. The number of anilines is 1. The number of benzene rings is 1. The Bertz CT molecular complexity index is 1120. The van der Waals surface area contributed by atoms with Crippen LogP contribution in [0.25, 0.3) is 16.8 Å². The highest BCUT2D eigenvalue weighted by Gasteiger charge is 2.39. The van der Waals surface area contributed by atoms with Crippen molar-refractivity contribution in [1.29, 1.82) is 0 Å². The minimum absolute atomic E-state index is 0.122. The van der Waals surface area contributed by atoms with Crippen LogP contribution in [0.2, 0.25) is 0 Å². The number of likely N-dealkylation sites (N-methyl/N-ethyl adjacent to an activating group) is 1. The number of piperidine rings is 1. The van der Waals surface area contributed by atoms with E-state index in [2.05, 4.69) is 15.1 Å². The molecule has 1 aliphatic rings. The smallest absolute Gasteiger partial charge is 0.339 e. The van der Waals surface area contributed by atoms with Crippen molar-refractivity contribution in [2.45, 2.75) is 31.2 Å². The molecule has 0 N–H and O–H groups in total. The van der Waals surface area contributed by atoms with Gasteiger partial charge in [0.1, 0.15) is 5.69 Å². The minimum Gasteiger partial charge on any atom is -0.339 e. The number of hydrogen-bond acceptors (Lipinski definition) is 4. The summed E-state index contributed by atoms with van der Waals surface area (Å²) in [6, 6.07) is 5.09. The minimum atomic E-state index is -4.99. The molecular formula is C21H21F6N5. The van der Waals surface area contributed by atoms with Crippen molar-refractivity contribution in [3.63, 3.8) is 0 Å². The van der Waals surface area contributed by atoms with Crippen molar-refractivity contribution in [2.75, 3.05) is 32.1 Å². The fourth-order valence-corrected chi connectivity index (χ4v) is 4.07. The van der Waals surface area contributed by atoms with Crippen LogP contribution in [0.3, 0.4) is 0 Å². The molecule has 0 aliphatic carbocycles. The molecule has 4 rings (SSSR count). The summed E-state index contributed by atoms with van der Waals surface area (Å²) in [4.78, 5) is 4.13. The topological polar surface area (TPSA) is 36.7 Å². The van der Waals surface area contributed by atoms with Crippen molar-refractivity contribution < 1.29 is 26.3 Å². The van der Waals surface area contributed by atoms with Crippen molar-refractivity contribution in [3.05, 3.63) is 47.7 Å². The molecule has 1 unspecified atom stereocenters. The molecule has 0 spiro atoms. The van der Waals surface area contributed by atoms with Gasteiger partial charge in [-0.05, 0) is 51.2 Å². The maximum Gasteiger partial charge on any atom is 0.417 e. The van der Waals surface area contributed by atoms with E-state index in [1.165, 1.54) is 0 Å². The zero-order chi connectivity index (χ0) is 23.3. The molecule has 1 saturated heterocycles. The molecule has 32 heavy (non-hydrogen) atoms. The predicted octanol–water partition coefficient (Wildman–Crippen LogP) is 4.96. The van der Waals surface area contributed by atoms with Crippen LogP contribution in [0.4, 0.5) is 32.3 Å². The molecule has 0 radical (unpaired) electrons. The average Bonchev–Trinajstić information content (AvgIpc) is 3.21. The summed E-state index contributed by atoms with van der Waals surface area (Å²) in [6.07, 6.45) is -6.28. The third kappa shape index (κ3) is 4.13. The van der Waals surface area contributed by atoms with Crippen LogP contribution in [-0.2, 0) is 12.4 Å². The third-order valence-electron chi connectivity index (χ3n) is 5.76. The Hall–Kier alpha value is -2.82. The second-order valence-electron chi connectivity index (χ2n) is 8.07. The monoisotopic (exact) mass is 457 g/mol. The van der Waals surface area contributed by atoms with E-state index in [0.717, 1.165) is 25.5 Å². The van der Waals surface area contributed by atoms with Crippen LogP contribution in [0.5, 0.6) is 0 Å². The predicted molar refractivity (Wildman–Crippen MR) is 107 cm³/mol. The van der Waals surface area contributed by atoms with Crippen molar-refractivity contribution >= 4 is 11.5 Å². The summed E-state index contributed by atoms with van der Waals surface area (Å²) in [5, 5.41) is 8.25. The van der Waals surface area contributed by atoms with E-state index in [0.29, 0.717) is 30.1 Å². The van der Waals surface area contributed by atoms with Crippen LogP contribution in [0, 0.1) is 0 Å². The van der Waals surface area contributed by atoms with Gasteiger partial charge in [0, 0.05) is 30.9 Å². The van der Waals surface area contributed by atoms with Gasteiger partial charge in [-0.1, -0.05) is 6.07 Å². The fourth-order valence-electron chi connectivity index (χ4n) is 4.07. The van der Waals surface area contributed by atoms with Gasteiger partial charge in [-0.2, -0.15) is 26.3 Å². The fraction of sp³-hybridized carbons (Fsp3) is 0.429. The molecule has 3 heterocycles. The molecule has 1 aromatic carbocycles. The van der Waals surface area contributed by atoms with Gasteiger partial charge >= 0.3 is 12.4 Å². The van der Waals surface area contributed by atoms with E-state index >= 15 is 0 Å². The number of fused-ring (bicyclic) bond motifs is 1. The summed E-state index contributed by atoms with van der Waals surface area (Å²) in [7, 11) is 3.97. The van der Waals surface area contributed by atoms with Crippen LogP contribution in [0.1, 0.15) is 24.0 Å². The summed E-state index contributed by atoms with van der Waals surface area (Å²) in [5.74, 6) is 0.487. The molecule has 3 aromatic rings. The third-order valence-corrected chi connectivity index (χ3v) is 5.76.